The topological polar surface area (TPSA) is 59.8 Å². The fraction of sp³-hybridized carbons (Fsp3) is 0.833. The highest BCUT2D eigenvalue weighted by molar-refractivity contribution is 5.09. The van der Waals surface area contributed by atoms with Gasteiger partial charge >= 0.3 is 6.18 Å². The second-order valence-electron chi connectivity index (χ2n) is 7.62. The number of aromatic nitrogens is 2. The summed E-state index contributed by atoms with van der Waals surface area (Å²) in [5.74, 6) is 0.743. The summed E-state index contributed by atoms with van der Waals surface area (Å²) >= 11 is 0. The molecular weight excluding hydrogens is 363 g/mol. The molecular formula is C18H28F3N3O3. The summed E-state index contributed by atoms with van der Waals surface area (Å²) in [5, 5.41) is 10.2. The number of imidazole rings is 1. The molecule has 2 aliphatic rings. The Labute approximate surface area is 157 Å². The van der Waals surface area contributed by atoms with Crippen LogP contribution < -0.4 is 0 Å². The number of ether oxygens (including phenoxy) is 2. The Morgan fingerprint density at radius 1 is 1.37 bits per heavy atom. The molecule has 1 aromatic rings. The number of fused-ring (bicyclic) bond motifs is 1. The summed E-state index contributed by atoms with van der Waals surface area (Å²) in [6.45, 7) is 3.42. The third kappa shape index (κ3) is 5.91. The van der Waals surface area contributed by atoms with Crippen LogP contribution in [-0.4, -0.2) is 71.7 Å². The van der Waals surface area contributed by atoms with Crippen molar-refractivity contribution in [3.63, 3.8) is 0 Å². The third-order valence-corrected chi connectivity index (χ3v) is 5.17. The minimum Gasteiger partial charge on any atom is -0.389 e. The molecule has 0 amide bonds. The number of aryl methyl sites for hydroxylation is 1. The van der Waals surface area contributed by atoms with Crippen LogP contribution in [0.5, 0.6) is 0 Å². The first-order chi connectivity index (χ1) is 12.8. The first-order valence-corrected chi connectivity index (χ1v) is 9.50. The van der Waals surface area contributed by atoms with E-state index in [1.54, 1.807) is 4.57 Å². The average Bonchev–Trinajstić information content (AvgIpc) is 3.04. The maximum atomic E-state index is 12.8. The van der Waals surface area contributed by atoms with Gasteiger partial charge in [0.2, 0.25) is 0 Å². The number of aliphatic hydroxyl groups excluding tert-OH is 1. The molecule has 2 atom stereocenters. The van der Waals surface area contributed by atoms with Crippen LogP contribution in [0.15, 0.2) is 6.20 Å². The van der Waals surface area contributed by atoms with Crippen LogP contribution >= 0.6 is 0 Å². The summed E-state index contributed by atoms with van der Waals surface area (Å²) in [4.78, 5) is 5.73. The van der Waals surface area contributed by atoms with E-state index in [1.165, 1.54) is 0 Å². The highest BCUT2D eigenvalue weighted by Crippen LogP contribution is 2.30. The minimum absolute atomic E-state index is 0.152. The second-order valence-corrected chi connectivity index (χ2v) is 7.62. The number of rotatable bonds is 7. The predicted octanol–water partition coefficient (Wildman–Crippen LogP) is 1.95. The zero-order valence-corrected chi connectivity index (χ0v) is 15.6. The van der Waals surface area contributed by atoms with E-state index in [1.807, 2.05) is 11.9 Å². The van der Waals surface area contributed by atoms with Crippen molar-refractivity contribution in [2.45, 2.75) is 50.6 Å². The number of aliphatic hydroxyl groups is 1. The van der Waals surface area contributed by atoms with Gasteiger partial charge in [-0.1, -0.05) is 0 Å². The summed E-state index contributed by atoms with van der Waals surface area (Å²) < 4.78 is 51.0. The first-order valence-electron chi connectivity index (χ1n) is 9.50. The van der Waals surface area contributed by atoms with Gasteiger partial charge in [-0.05, 0) is 32.2 Å². The monoisotopic (exact) mass is 391 g/mol. The van der Waals surface area contributed by atoms with Gasteiger partial charge in [-0.25, -0.2) is 4.98 Å². The Hall–Kier alpha value is -1.16. The van der Waals surface area contributed by atoms with Crippen molar-refractivity contribution in [3.05, 3.63) is 17.7 Å². The molecule has 0 saturated carbocycles. The molecule has 6 nitrogen and oxygen atoms in total. The fourth-order valence-electron chi connectivity index (χ4n) is 3.82. The largest absolute Gasteiger partial charge is 0.434 e. The number of nitrogens with zero attached hydrogens (tertiary/aromatic N) is 3. The summed E-state index contributed by atoms with van der Waals surface area (Å²) in [6.07, 6.45) is -0.655. The molecule has 9 heteroatoms. The Bertz CT molecular complexity index is 602. The lowest BCUT2D eigenvalue weighted by atomic mass is 9.99. The van der Waals surface area contributed by atoms with Gasteiger partial charge in [-0.3, -0.25) is 0 Å². The summed E-state index contributed by atoms with van der Waals surface area (Å²) in [6, 6.07) is 0. The quantitative estimate of drug-likeness (QED) is 0.770. The van der Waals surface area contributed by atoms with Crippen LogP contribution in [0.25, 0.3) is 0 Å². The highest BCUT2D eigenvalue weighted by Gasteiger charge is 2.35. The lowest BCUT2D eigenvalue weighted by Gasteiger charge is -2.29. The normalized spacial score (nSPS) is 22.8. The number of alkyl halides is 3. The van der Waals surface area contributed by atoms with Crippen LogP contribution in [0, 0.1) is 5.92 Å². The molecule has 2 aliphatic heterocycles. The average molecular weight is 391 g/mol. The SMILES string of the molecule is CN(C[C@H](O)COC1CCOCC1)C[C@@H]1CCc2nc(C(F)(F)F)cn2C1. The maximum absolute atomic E-state index is 12.8. The molecule has 0 aromatic carbocycles. The molecule has 0 unspecified atom stereocenters. The van der Waals surface area contributed by atoms with Crippen molar-refractivity contribution in [1.82, 2.24) is 14.5 Å². The van der Waals surface area contributed by atoms with Gasteiger partial charge in [0, 0.05) is 45.5 Å². The van der Waals surface area contributed by atoms with Crippen molar-refractivity contribution in [3.8, 4) is 0 Å². The van der Waals surface area contributed by atoms with Crippen molar-refractivity contribution < 1.29 is 27.8 Å². The first kappa shape index (κ1) is 20.6. The summed E-state index contributed by atoms with van der Waals surface area (Å²) in [7, 11) is 1.92. The standard InChI is InChI=1S/C18H28F3N3O3/c1-23(10-14(25)12-27-15-4-6-26-7-5-15)8-13-2-3-17-22-16(18(19,20)21)11-24(17)9-13/h11,13-15,25H,2-10,12H2,1H3/t13-,14-/m0/s1. The van der Waals surface area contributed by atoms with Crippen LogP contribution in [0.4, 0.5) is 13.2 Å². The summed E-state index contributed by atoms with van der Waals surface area (Å²) in [5.41, 5.74) is -0.813. The second kappa shape index (κ2) is 8.89. The smallest absolute Gasteiger partial charge is 0.389 e. The Balaban J connectivity index is 1.41. The van der Waals surface area contributed by atoms with Crippen LogP contribution in [0.2, 0.25) is 0 Å². The molecule has 1 aromatic heterocycles. The van der Waals surface area contributed by atoms with E-state index in [2.05, 4.69) is 4.98 Å². The van der Waals surface area contributed by atoms with Crippen molar-refractivity contribution in [2.75, 3.05) is 40.0 Å². The predicted molar refractivity (Wildman–Crippen MR) is 92.3 cm³/mol. The van der Waals surface area contributed by atoms with E-state index in [0.29, 0.717) is 51.7 Å². The van der Waals surface area contributed by atoms with Gasteiger partial charge in [0.25, 0.3) is 0 Å². The molecule has 1 N–H and O–H groups in total. The van der Waals surface area contributed by atoms with Crippen LogP contribution in [0.3, 0.4) is 0 Å². The molecule has 0 radical (unpaired) electrons. The van der Waals surface area contributed by atoms with Gasteiger partial charge < -0.3 is 24.0 Å². The third-order valence-electron chi connectivity index (χ3n) is 5.17. The van der Waals surface area contributed by atoms with Crippen molar-refractivity contribution in [1.29, 1.82) is 0 Å². The van der Waals surface area contributed by atoms with Gasteiger partial charge in [0.1, 0.15) is 5.82 Å². The van der Waals surface area contributed by atoms with E-state index in [4.69, 9.17) is 9.47 Å². The lowest BCUT2D eigenvalue weighted by Crippen LogP contribution is -2.38. The zero-order valence-electron chi connectivity index (χ0n) is 15.6. The highest BCUT2D eigenvalue weighted by atomic mass is 19.4. The van der Waals surface area contributed by atoms with Gasteiger partial charge in [0.15, 0.2) is 5.69 Å². The molecule has 1 fully saturated rings. The van der Waals surface area contributed by atoms with Gasteiger partial charge in [0.05, 0.1) is 18.8 Å². The number of hydrogen-bond acceptors (Lipinski definition) is 5. The van der Waals surface area contributed by atoms with Gasteiger partial charge in [-0.2, -0.15) is 13.2 Å². The van der Waals surface area contributed by atoms with E-state index in [0.717, 1.165) is 25.5 Å². The van der Waals surface area contributed by atoms with Crippen molar-refractivity contribution >= 4 is 0 Å². The molecule has 0 bridgehead atoms. The molecule has 0 aliphatic carbocycles. The number of halogens is 3. The fourth-order valence-corrected chi connectivity index (χ4v) is 3.82. The Morgan fingerprint density at radius 3 is 2.81 bits per heavy atom. The van der Waals surface area contributed by atoms with E-state index in [-0.39, 0.29) is 12.0 Å². The molecule has 3 rings (SSSR count). The van der Waals surface area contributed by atoms with Crippen LogP contribution in [0.1, 0.15) is 30.8 Å². The van der Waals surface area contributed by atoms with E-state index >= 15 is 0 Å². The van der Waals surface area contributed by atoms with E-state index in [9.17, 15) is 18.3 Å². The molecule has 27 heavy (non-hydrogen) atoms. The van der Waals surface area contributed by atoms with Crippen LogP contribution in [-0.2, 0) is 28.6 Å². The Kier molecular flexibility index (Phi) is 6.78. The minimum atomic E-state index is -4.40. The molecule has 0 spiro atoms. The number of hydrogen-bond donors (Lipinski definition) is 1. The molecule has 1 saturated heterocycles. The zero-order chi connectivity index (χ0) is 19.4. The van der Waals surface area contributed by atoms with Crippen molar-refractivity contribution in [2.24, 2.45) is 5.92 Å². The maximum Gasteiger partial charge on any atom is 0.434 e. The van der Waals surface area contributed by atoms with Gasteiger partial charge in [-0.15, -0.1) is 0 Å². The molecule has 3 heterocycles. The number of likely N-dealkylation sites (N-methyl/N-ethyl adjacent to an activating group) is 1. The van der Waals surface area contributed by atoms with E-state index < -0.39 is 18.0 Å². The lowest BCUT2D eigenvalue weighted by molar-refractivity contribution is -0.141. The molecule has 154 valence electrons. The Morgan fingerprint density at radius 2 is 2.11 bits per heavy atom.